The SMILES string of the molecule is COc1cc(NC(=O)COc2cccc3ccc(C)nc23)c(OC)cc1Cl. The molecule has 7 heteroatoms. The van der Waals surface area contributed by atoms with Crippen molar-refractivity contribution in [2.45, 2.75) is 6.92 Å². The minimum absolute atomic E-state index is 0.178. The number of ether oxygens (including phenoxy) is 3. The van der Waals surface area contributed by atoms with E-state index in [-0.39, 0.29) is 12.5 Å². The Kier molecular flexibility index (Phi) is 5.66. The first kappa shape index (κ1) is 18.8. The van der Waals surface area contributed by atoms with E-state index >= 15 is 0 Å². The molecule has 3 rings (SSSR count). The summed E-state index contributed by atoms with van der Waals surface area (Å²) >= 11 is 6.08. The summed E-state index contributed by atoms with van der Waals surface area (Å²) in [6.45, 7) is 1.73. The summed E-state index contributed by atoms with van der Waals surface area (Å²) in [6.07, 6.45) is 0. The lowest BCUT2D eigenvalue weighted by Gasteiger charge is -2.14. The number of aromatic nitrogens is 1. The molecule has 1 N–H and O–H groups in total. The van der Waals surface area contributed by atoms with Crippen molar-refractivity contribution in [3.05, 3.63) is 53.2 Å². The number of hydrogen-bond donors (Lipinski definition) is 1. The van der Waals surface area contributed by atoms with E-state index in [4.69, 9.17) is 25.8 Å². The van der Waals surface area contributed by atoms with Gasteiger partial charge in [0.15, 0.2) is 6.61 Å². The fraction of sp³-hybridized carbons (Fsp3) is 0.200. The molecule has 0 unspecified atom stereocenters. The number of anilines is 1. The first-order valence-corrected chi connectivity index (χ1v) is 8.60. The summed E-state index contributed by atoms with van der Waals surface area (Å²) in [4.78, 5) is 16.8. The maximum Gasteiger partial charge on any atom is 0.262 e. The van der Waals surface area contributed by atoms with Crippen LogP contribution in [0.2, 0.25) is 5.02 Å². The van der Waals surface area contributed by atoms with Crippen LogP contribution in [0.25, 0.3) is 10.9 Å². The number of fused-ring (bicyclic) bond motifs is 1. The van der Waals surface area contributed by atoms with Gasteiger partial charge in [0.25, 0.3) is 5.91 Å². The average molecular weight is 387 g/mol. The Morgan fingerprint density at radius 1 is 1.07 bits per heavy atom. The number of methoxy groups -OCH3 is 2. The highest BCUT2D eigenvalue weighted by Gasteiger charge is 2.13. The van der Waals surface area contributed by atoms with Crippen LogP contribution in [0.4, 0.5) is 5.69 Å². The molecule has 6 nitrogen and oxygen atoms in total. The van der Waals surface area contributed by atoms with Gasteiger partial charge in [0, 0.05) is 23.2 Å². The van der Waals surface area contributed by atoms with Crippen LogP contribution in [-0.4, -0.2) is 31.7 Å². The van der Waals surface area contributed by atoms with E-state index in [9.17, 15) is 4.79 Å². The molecule has 0 aliphatic heterocycles. The van der Waals surface area contributed by atoms with Crippen molar-refractivity contribution in [1.29, 1.82) is 0 Å². The Bertz CT molecular complexity index is 991. The number of hydrogen-bond acceptors (Lipinski definition) is 5. The van der Waals surface area contributed by atoms with E-state index in [1.165, 1.54) is 14.2 Å². The Balaban J connectivity index is 1.75. The second kappa shape index (κ2) is 8.14. The van der Waals surface area contributed by atoms with Gasteiger partial charge in [0.05, 0.1) is 24.9 Å². The summed E-state index contributed by atoms with van der Waals surface area (Å²) in [5.41, 5.74) is 2.04. The normalized spacial score (nSPS) is 10.5. The monoisotopic (exact) mass is 386 g/mol. The third-order valence-corrected chi connectivity index (χ3v) is 4.22. The third kappa shape index (κ3) is 4.23. The minimum atomic E-state index is -0.345. The highest BCUT2D eigenvalue weighted by molar-refractivity contribution is 6.32. The molecule has 0 radical (unpaired) electrons. The number of pyridine rings is 1. The predicted molar refractivity (Wildman–Crippen MR) is 105 cm³/mol. The molecule has 0 fully saturated rings. The van der Waals surface area contributed by atoms with E-state index in [0.717, 1.165) is 16.6 Å². The summed E-state index contributed by atoms with van der Waals surface area (Å²) < 4.78 is 16.1. The molecule has 0 spiro atoms. The van der Waals surface area contributed by atoms with Crippen LogP contribution in [0, 0.1) is 6.92 Å². The first-order valence-electron chi connectivity index (χ1n) is 8.22. The molecule has 1 amide bonds. The highest BCUT2D eigenvalue weighted by Crippen LogP contribution is 2.35. The van der Waals surface area contributed by atoms with Gasteiger partial charge in [-0.2, -0.15) is 0 Å². The van der Waals surface area contributed by atoms with Crippen LogP contribution in [0.5, 0.6) is 17.2 Å². The highest BCUT2D eigenvalue weighted by atomic mass is 35.5. The third-order valence-electron chi connectivity index (χ3n) is 3.93. The minimum Gasteiger partial charge on any atom is -0.495 e. The van der Waals surface area contributed by atoms with Crippen LogP contribution in [0.1, 0.15) is 5.69 Å². The number of nitrogens with zero attached hydrogens (tertiary/aromatic N) is 1. The van der Waals surface area contributed by atoms with E-state index in [1.807, 2.05) is 31.2 Å². The number of para-hydroxylation sites is 1. The molecular weight excluding hydrogens is 368 g/mol. The lowest BCUT2D eigenvalue weighted by Crippen LogP contribution is -2.20. The maximum atomic E-state index is 12.4. The molecule has 0 aliphatic carbocycles. The van der Waals surface area contributed by atoms with Crippen molar-refractivity contribution in [1.82, 2.24) is 4.98 Å². The number of carbonyl (C=O) groups is 1. The Morgan fingerprint density at radius 3 is 2.59 bits per heavy atom. The molecule has 0 atom stereocenters. The largest absolute Gasteiger partial charge is 0.495 e. The molecule has 1 heterocycles. The van der Waals surface area contributed by atoms with Gasteiger partial charge in [-0.1, -0.05) is 29.8 Å². The molecule has 0 aliphatic rings. The summed E-state index contributed by atoms with van der Waals surface area (Å²) in [5, 5.41) is 4.08. The summed E-state index contributed by atoms with van der Waals surface area (Å²) in [6, 6.07) is 12.7. The van der Waals surface area contributed by atoms with Crippen molar-refractivity contribution < 1.29 is 19.0 Å². The number of rotatable bonds is 6. The van der Waals surface area contributed by atoms with Gasteiger partial charge in [-0.15, -0.1) is 0 Å². The van der Waals surface area contributed by atoms with Crippen molar-refractivity contribution in [3.63, 3.8) is 0 Å². The zero-order valence-corrected chi connectivity index (χ0v) is 16.0. The maximum absolute atomic E-state index is 12.4. The topological polar surface area (TPSA) is 69.7 Å². The van der Waals surface area contributed by atoms with Gasteiger partial charge in [-0.3, -0.25) is 4.79 Å². The second-order valence-corrected chi connectivity index (χ2v) is 6.21. The van der Waals surface area contributed by atoms with Gasteiger partial charge in [-0.25, -0.2) is 4.98 Å². The van der Waals surface area contributed by atoms with Gasteiger partial charge in [0.2, 0.25) is 0 Å². The second-order valence-electron chi connectivity index (χ2n) is 5.80. The molecule has 0 saturated heterocycles. The number of benzene rings is 2. The van der Waals surface area contributed by atoms with Gasteiger partial charge in [-0.05, 0) is 19.1 Å². The lowest BCUT2D eigenvalue weighted by atomic mass is 10.2. The van der Waals surface area contributed by atoms with Gasteiger partial charge in [0.1, 0.15) is 22.8 Å². The smallest absolute Gasteiger partial charge is 0.262 e. The zero-order valence-electron chi connectivity index (χ0n) is 15.2. The zero-order chi connectivity index (χ0) is 19.4. The van der Waals surface area contributed by atoms with Crippen LogP contribution in [0.3, 0.4) is 0 Å². The van der Waals surface area contributed by atoms with Crippen LogP contribution in [0.15, 0.2) is 42.5 Å². The van der Waals surface area contributed by atoms with Crippen LogP contribution >= 0.6 is 11.6 Å². The fourth-order valence-electron chi connectivity index (χ4n) is 2.62. The van der Waals surface area contributed by atoms with Crippen molar-refractivity contribution in [2.75, 3.05) is 26.1 Å². The van der Waals surface area contributed by atoms with Gasteiger partial charge < -0.3 is 19.5 Å². The molecule has 0 saturated carbocycles. The Morgan fingerprint density at radius 2 is 1.85 bits per heavy atom. The van der Waals surface area contributed by atoms with Crippen molar-refractivity contribution >= 4 is 34.1 Å². The molecule has 0 bridgehead atoms. The van der Waals surface area contributed by atoms with E-state index in [1.54, 1.807) is 18.2 Å². The number of carbonyl (C=O) groups excluding carboxylic acids is 1. The average Bonchev–Trinajstić information content (AvgIpc) is 2.67. The van der Waals surface area contributed by atoms with E-state index in [2.05, 4.69) is 10.3 Å². The van der Waals surface area contributed by atoms with Crippen LogP contribution in [-0.2, 0) is 4.79 Å². The first-order chi connectivity index (χ1) is 13.0. The summed E-state index contributed by atoms with van der Waals surface area (Å²) in [7, 11) is 2.99. The number of halogens is 1. The molecule has 140 valence electrons. The standard InChI is InChI=1S/C20H19ClN2O4/c1-12-7-8-13-5-4-6-16(20(13)22-12)27-11-19(24)23-15-10-17(25-2)14(21)9-18(15)26-3/h4-10H,11H2,1-3H3,(H,23,24). The predicted octanol–water partition coefficient (Wildman–Crippen LogP) is 4.23. The Hall–Kier alpha value is -2.99. The lowest BCUT2D eigenvalue weighted by molar-refractivity contribution is -0.118. The van der Waals surface area contributed by atoms with Crippen LogP contribution < -0.4 is 19.5 Å². The molecule has 1 aromatic heterocycles. The molecule has 2 aromatic carbocycles. The summed E-state index contributed by atoms with van der Waals surface area (Å²) in [5.74, 6) is 1.06. The van der Waals surface area contributed by atoms with E-state index in [0.29, 0.717) is 28.0 Å². The Labute approximate surface area is 162 Å². The molecule has 27 heavy (non-hydrogen) atoms. The quantitative estimate of drug-likeness (QED) is 0.686. The van der Waals surface area contributed by atoms with Crippen molar-refractivity contribution in [2.24, 2.45) is 0 Å². The number of amides is 1. The van der Waals surface area contributed by atoms with Crippen molar-refractivity contribution in [3.8, 4) is 17.2 Å². The van der Waals surface area contributed by atoms with E-state index < -0.39 is 0 Å². The van der Waals surface area contributed by atoms with Gasteiger partial charge >= 0.3 is 0 Å². The molecule has 3 aromatic rings. The number of aryl methyl sites for hydroxylation is 1. The molecular formula is C20H19ClN2O4. The number of nitrogens with one attached hydrogen (secondary N) is 1. The fourth-order valence-corrected chi connectivity index (χ4v) is 2.85.